The average molecular weight is 433 g/mol. The molecule has 166 valence electrons. The Morgan fingerprint density at radius 2 is 1.84 bits per heavy atom. The highest BCUT2D eigenvalue weighted by atomic mass is 16.3. The van der Waals surface area contributed by atoms with Crippen molar-refractivity contribution in [2.24, 2.45) is 0 Å². The Morgan fingerprint density at radius 3 is 2.62 bits per heavy atom. The standard InChI is InChI=1S/C25H28N4O3/c30-22-21(13-16-4-2-1-3-5-16)28(15-17-6-7-20-18(12-17)14-26-27-20)24(32)29-19-8-10-25(29,11-9-19)23(22)31/h1-7,12,14,19,21-23,30-31H,8-11,13,15H2,(H,26,27)/t19?,21-,22+,23+,25?/m1/s1. The van der Waals surface area contributed by atoms with Crippen LogP contribution < -0.4 is 0 Å². The molecular formula is C25H28N4O3. The number of nitrogens with one attached hydrogen (secondary N) is 1. The quantitative estimate of drug-likeness (QED) is 0.591. The van der Waals surface area contributed by atoms with Crippen molar-refractivity contribution < 1.29 is 15.0 Å². The third-order valence-corrected chi connectivity index (χ3v) is 7.93. The minimum Gasteiger partial charge on any atom is -0.388 e. The summed E-state index contributed by atoms with van der Waals surface area (Å²) in [5.41, 5.74) is 2.33. The third kappa shape index (κ3) is 2.88. The molecule has 0 saturated carbocycles. The lowest BCUT2D eigenvalue weighted by molar-refractivity contribution is -0.0670. The Kier molecular flexibility index (Phi) is 4.52. The van der Waals surface area contributed by atoms with Crippen molar-refractivity contribution in [2.45, 2.75) is 68.5 Å². The van der Waals surface area contributed by atoms with E-state index in [1.807, 2.05) is 53.4 Å². The van der Waals surface area contributed by atoms with Crippen molar-refractivity contribution in [3.05, 3.63) is 65.9 Å². The molecule has 3 saturated heterocycles. The van der Waals surface area contributed by atoms with Gasteiger partial charge in [0.05, 0.1) is 23.3 Å². The molecule has 3 fully saturated rings. The number of benzene rings is 2. The van der Waals surface area contributed by atoms with Crippen LogP contribution in [0.1, 0.15) is 36.8 Å². The van der Waals surface area contributed by atoms with Gasteiger partial charge in [-0.15, -0.1) is 0 Å². The molecule has 3 aliphatic rings. The second-order valence-corrected chi connectivity index (χ2v) is 9.60. The lowest BCUT2D eigenvalue weighted by Crippen LogP contribution is -2.55. The summed E-state index contributed by atoms with van der Waals surface area (Å²) in [4.78, 5) is 17.7. The minimum atomic E-state index is -1.02. The first-order valence-corrected chi connectivity index (χ1v) is 11.5. The van der Waals surface area contributed by atoms with E-state index in [0.717, 1.165) is 47.7 Å². The van der Waals surface area contributed by atoms with E-state index in [0.29, 0.717) is 13.0 Å². The van der Waals surface area contributed by atoms with E-state index >= 15 is 0 Å². The molecule has 0 aliphatic carbocycles. The van der Waals surface area contributed by atoms with Gasteiger partial charge in [-0.2, -0.15) is 5.10 Å². The van der Waals surface area contributed by atoms with E-state index < -0.39 is 23.8 Å². The molecule has 0 radical (unpaired) electrons. The van der Waals surface area contributed by atoms with Gasteiger partial charge in [-0.1, -0.05) is 36.4 Å². The van der Waals surface area contributed by atoms with Gasteiger partial charge in [0.1, 0.15) is 12.2 Å². The van der Waals surface area contributed by atoms with Gasteiger partial charge in [0.2, 0.25) is 0 Å². The molecular weight excluding hydrogens is 404 g/mol. The second-order valence-electron chi connectivity index (χ2n) is 9.60. The fraction of sp³-hybridized carbons (Fsp3) is 0.440. The lowest BCUT2D eigenvalue weighted by atomic mass is 9.79. The Bertz CT molecular complexity index is 1140. The number of aromatic amines is 1. The molecule has 3 aromatic rings. The summed E-state index contributed by atoms with van der Waals surface area (Å²) >= 11 is 0. The number of amides is 2. The molecule has 6 rings (SSSR count). The maximum atomic E-state index is 14.0. The fourth-order valence-corrected chi connectivity index (χ4v) is 6.30. The van der Waals surface area contributed by atoms with Crippen molar-refractivity contribution in [3.63, 3.8) is 0 Å². The number of hydrogen-bond donors (Lipinski definition) is 3. The Morgan fingerprint density at radius 1 is 1.06 bits per heavy atom. The van der Waals surface area contributed by atoms with Crippen LogP contribution in [-0.4, -0.2) is 66.1 Å². The molecule has 32 heavy (non-hydrogen) atoms. The largest absolute Gasteiger partial charge is 0.388 e. The van der Waals surface area contributed by atoms with Crippen molar-refractivity contribution in [1.82, 2.24) is 20.0 Å². The fourth-order valence-electron chi connectivity index (χ4n) is 6.30. The van der Waals surface area contributed by atoms with Crippen molar-refractivity contribution in [2.75, 3.05) is 0 Å². The molecule has 0 spiro atoms. The van der Waals surface area contributed by atoms with Crippen LogP contribution in [0.5, 0.6) is 0 Å². The van der Waals surface area contributed by atoms with E-state index in [9.17, 15) is 15.0 Å². The van der Waals surface area contributed by atoms with Crippen molar-refractivity contribution in [3.8, 4) is 0 Å². The topological polar surface area (TPSA) is 92.7 Å². The summed E-state index contributed by atoms with van der Waals surface area (Å²) in [5.74, 6) is 0. The Balaban J connectivity index is 1.41. The Labute approximate surface area is 186 Å². The van der Waals surface area contributed by atoms with E-state index in [-0.39, 0.29) is 12.1 Å². The molecule has 2 bridgehead atoms. The second kappa shape index (κ2) is 7.32. The number of aromatic nitrogens is 2. The number of urea groups is 1. The van der Waals surface area contributed by atoms with E-state index in [2.05, 4.69) is 10.2 Å². The smallest absolute Gasteiger partial charge is 0.321 e. The summed E-state index contributed by atoms with van der Waals surface area (Å²) < 4.78 is 0. The molecule has 2 amide bonds. The monoisotopic (exact) mass is 432 g/mol. The number of aliphatic hydroxyl groups is 2. The number of nitrogens with zero attached hydrogens (tertiary/aromatic N) is 3. The molecule has 7 heteroatoms. The summed E-state index contributed by atoms with van der Waals surface area (Å²) in [6.07, 6.45) is 3.61. The molecule has 2 aromatic carbocycles. The van der Waals surface area contributed by atoms with Gasteiger partial charge in [-0.3, -0.25) is 5.10 Å². The highest BCUT2D eigenvalue weighted by molar-refractivity contribution is 5.80. The van der Waals surface area contributed by atoms with Crippen molar-refractivity contribution in [1.29, 1.82) is 0 Å². The first kappa shape index (κ1) is 19.8. The van der Waals surface area contributed by atoms with Crippen LogP contribution in [0.3, 0.4) is 0 Å². The van der Waals surface area contributed by atoms with Crippen LogP contribution in [0.2, 0.25) is 0 Å². The molecule has 1 aromatic heterocycles. The zero-order valence-corrected chi connectivity index (χ0v) is 17.9. The SMILES string of the molecule is O=C1N(Cc2ccc3[nH]ncc3c2)[C@H](Cc2ccccc2)[C@H](O)[C@H](O)C23CCC(CC2)N13. The van der Waals surface area contributed by atoms with Crippen LogP contribution in [0.15, 0.2) is 54.7 Å². The van der Waals surface area contributed by atoms with E-state index in [1.54, 1.807) is 11.1 Å². The summed E-state index contributed by atoms with van der Waals surface area (Å²) in [7, 11) is 0. The number of carbonyl (C=O) groups excluding carboxylic acids is 1. The maximum Gasteiger partial charge on any atom is 0.321 e. The van der Waals surface area contributed by atoms with Gasteiger partial charge in [-0.05, 0) is 55.4 Å². The molecule has 7 nitrogen and oxygen atoms in total. The molecule has 3 N–H and O–H groups in total. The predicted octanol–water partition coefficient (Wildman–Crippen LogP) is 2.83. The predicted molar refractivity (Wildman–Crippen MR) is 120 cm³/mol. The molecule has 0 unspecified atom stereocenters. The Hall–Kier alpha value is -2.90. The van der Waals surface area contributed by atoms with E-state index in [4.69, 9.17) is 0 Å². The van der Waals surface area contributed by atoms with Gasteiger partial charge >= 0.3 is 6.03 Å². The minimum absolute atomic E-state index is 0.0613. The normalized spacial score (nSPS) is 31.9. The first-order chi connectivity index (χ1) is 15.6. The van der Waals surface area contributed by atoms with Gasteiger partial charge in [0.25, 0.3) is 0 Å². The highest BCUT2D eigenvalue weighted by Crippen LogP contribution is 2.51. The van der Waals surface area contributed by atoms with Gasteiger partial charge in [0.15, 0.2) is 0 Å². The summed E-state index contributed by atoms with van der Waals surface area (Å²) in [6, 6.07) is 15.5. The number of carbonyl (C=O) groups is 1. The van der Waals surface area contributed by atoms with Crippen molar-refractivity contribution >= 4 is 16.9 Å². The first-order valence-electron chi connectivity index (χ1n) is 11.5. The number of fused-ring (bicyclic) bond motifs is 1. The summed E-state index contributed by atoms with van der Waals surface area (Å²) in [5, 5.41) is 30.9. The molecule has 3 aliphatic heterocycles. The summed E-state index contributed by atoms with van der Waals surface area (Å²) in [6.45, 7) is 0.376. The zero-order valence-electron chi connectivity index (χ0n) is 17.9. The van der Waals surface area contributed by atoms with Crippen LogP contribution in [0, 0.1) is 0 Å². The van der Waals surface area contributed by atoms with Crippen LogP contribution >= 0.6 is 0 Å². The maximum absolute atomic E-state index is 14.0. The van der Waals surface area contributed by atoms with Gasteiger partial charge in [0, 0.05) is 18.0 Å². The van der Waals surface area contributed by atoms with Crippen LogP contribution in [0.4, 0.5) is 4.79 Å². The number of aliphatic hydroxyl groups excluding tert-OH is 2. The number of hydrogen-bond acceptors (Lipinski definition) is 4. The molecule has 3 atom stereocenters. The molecule has 4 heterocycles. The van der Waals surface area contributed by atoms with E-state index in [1.165, 1.54) is 0 Å². The van der Waals surface area contributed by atoms with Crippen LogP contribution in [0.25, 0.3) is 10.9 Å². The number of H-pyrrole nitrogens is 1. The lowest BCUT2D eigenvalue weighted by Gasteiger charge is -2.38. The number of rotatable bonds is 4. The zero-order chi connectivity index (χ0) is 21.9. The third-order valence-electron chi connectivity index (χ3n) is 7.93. The van der Waals surface area contributed by atoms with Gasteiger partial charge in [-0.25, -0.2) is 4.79 Å². The van der Waals surface area contributed by atoms with Gasteiger partial charge < -0.3 is 20.0 Å². The highest BCUT2D eigenvalue weighted by Gasteiger charge is 2.63. The van der Waals surface area contributed by atoms with Crippen LogP contribution in [-0.2, 0) is 13.0 Å². The average Bonchev–Trinajstić information content (AvgIpc) is 3.53.